The molecule has 0 spiro atoms. The van der Waals surface area contributed by atoms with Gasteiger partial charge in [-0.3, -0.25) is 0 Å². The highest BCUT2D eigenvalue weighted by Crippen LogP contribution is 2.32. The molecule has 23 heavy (non-hydrogen) atoms. The molecule has 1 saturated heterocycles. The van der Waals surface area contributed by atoms with Crippen LogP contribution in [0.25, 0.3) is 22.2 Å². The molecule has 116 valence electrons. The molecule has 0 bridgehead atoms. The lowest BCUT2D eigenvalue weighted by atomic mass is 10.0. The van der Waals surface area contributed by atoms with Gasteiger partial charge in [0.05, 0.1) is 0 Å². The lowest BCUT2D eigenvalue weighted by molar-refractivity contribution is 0.586. The molecule has 3 aromatic rings. The minimum Gasteiger partial charge on any atom is -0.384 e. The van der Waals surface area contributed by atoms with Crippen molar-refractivity contribution in [1.29, 1.82) is 0 Å². The first kappa shape index (κ1) is 14.0. The minimum atomic E-state index is 0.503. The van der Waals surface area contributed by atoms with Gasteiger partial charge in [-0.25, -0.2) is 9.97 Å². The molecule has 0 saturated carbocycles. The van der Waals surface area contributed by atoms with Crippen LogP contribution in [0.2, 0.25) is 0 Å². The zero-order valence-electron chi connectivity index (χ0n) is 12.9. The molecule has 0 atom stereocenters. The van der Waals surface area contributed by atoms with Crippen LogP contribution in [0.1, 0.15) is 0 Å². The van der Waals surface area contributed by atoms with E-state index in [0.717, 1.165) is 42.9 Å². The number of pyridine rings is 2. The van der Waals surface area contributed by atoms with Crippen LogP contribution in [-0.2, 0) is 0 Å². The van der Waals surface area contributed by atoms with Gasteiger partial charge in [-0.05, 0) is 23.8 Å². The van der Waals surface area contributed by atoms with E-state index in [0.29, 0.717) is 11.5 Å². The summed E-state index contributed by atoms with van der Waals surface area (Å²) in [5, 5.41) is 4.40. The summed E-state index contributed by atoms with van der Waals surface area (Å²) in [6.07, 6.45) is 0. The highest BCUT2D eigenvalue weighted by atomic mass is 15.2. The predicted octanol–water partition coefficient (Wildman–Crippen LogP) is 2.29. The molecule has 4 rings (SSSR count). The molecule has 1 fully saturated rings. The molecule has 1 aliphatic heterocycles. The van der Waals surface area contributed by atoms with Crippen LogP contribution < -0.4 is 16.0 Å². The molecule has 1 aliphatic rings. The number of piperazine rings is 1. The first-order valence-electron chi connectivity index (χ1n) is 7.89. The third-order valence-electron chi connectivity index (χ3n) is 4.18. The zero-order valence-corrected chi connectivity index (χ0v) is 12.9. The van der Waals surface area contributed by atoms with Gasteiger partial charge >= 0.3 is 0 Å². The Hall–Kier alpha value is -2.66. The van der Waals surface area contributed by atoms with Crippen LogP contribution in [-0.4, -0.2) is 36.1 Å². The number of fused-ring (bicyclic) bond motifs is 1. The van der Waals surface area contributed by atoms with Gasteiger partial charge in [0.1, 0.15) is 11.6 Å². The summed E-state index contributed by atoms with van der Waals surface area (Å²) in [5.41, 5.74) is 8.85. The summed E-state index contributed by atoms with van der Waals surface area (Å²) < 4.78 is 0. The quantitative estimate of drug-likeness (QED) is 0.760. The summed E-state index contributed by atoms with van der Waals surface area (Å²) in [6.45, 7) is 3.83. The molecule has 5 heteroatoms. The van der Waals surface area contributed by atoms with Gasteiger partial charge in [0.2, 0.25) is 0 Å². The standard InChI is InChI=1S/C18H19N5/c19-16-7-6-14-12-15(13-4-2-1-3-5-13)18(22-17(14)21-16)23-10-8-20-9-11-23/h1-7,12,20H,8-11H2,(H2,19,21,22). The van der Waals surface area contributed by atoms with Crippen molar-refractivity contribution in [2.75, 3.05) is 36.8 Å². The molecular weight excluding hydrogens is 286 g/mol. The molecule has 3 heterocycles. The largest absolute Gasteiger partial charge is 0.384 e. The normalized spacial score (nSPS) is 15.0. The zero-order chi connectivity index (χ0) is 15.6. The van der Waals surface area contributed by atoms with Gasteiger partial charge in [-0.1, -0.05) is 30.3 Å². The van der Waals surface area contributed by atoms with Gasteiger partial charge in [-0.15, -0.1) is 0 Å². The van der Waals surface area contributed by atoms with E-state index in [2.05, 4.69) is 45.5 Å². The van der Waals surface area contributed by atoms with Crippen molar-refractivity contribution in [3.8, 4) is 11.1 Å². The lowest BCUT2D eigenvalue weighted by Crippen LogP contribution is -2.44. The Morgan fingerprint density at radius 1 is 0.957 bits per heavy atom. The van der Waals surface area contributed by atoms with E-state index in [1.165, 1.54) is 5.56 Å². The lowest BCUT2D eigenvalue weighted by Gasteiger charge is -2.30. The Kier molecular flexibility index (Phi) is 3.55. The molecule has 3 N–H and O–H groups in total. The van der Waals surface area contributed by atoms with E-state index >= 15 is 0 Å². The van der Waals surface area contributed by atoms with E-state index in [9.17, 15) is 0 Å². The van der Waals surface area contributed by atoms with Gasteiger partial charge in [-0.2, -0.15) is 0 Å². The third kappa shape index (κ3) is 2.71. The highest BCUT2D eigenvalue weighted by molar-refractivity contribution is 5.88. The molecule has 0 unspecified atom stereocenters. The fourth-order valence-corrected chi connectivity index (χ4v) is 3.00. The number of nitrogens with one attached hydrogen (secondary N) is 1. The first-order valence-corrected chi connectivity index (χ1v) is 7.89. The van der Waals surface area contributed by atoms with Crippen molar-refractivity contribution >= 4 is 22.7 Å². The number of hydrogen-bond donors (Lipinski definition) is 2. The number of nitrogens with zero attached hydrogens (tertiary/aromatic N) is 3. The average molecular weight is 305 g/mol. The molecule has 0 aliphatic carbocycles. The van der Waals surface area contributed by atoms with Crippen molar-refractivity contribution in [3.63, 3.8) is 0 Å². The van der Waals surface area contributed by atoms with Crippen LogP contribution in [0.3, 0.4) is 0 Å². The number of benzene rings is 1. The predicted molar refractivity (Wildman–Crippen MR) is 94.5 cm³/mol. The van der Waals surface area contributed by atoms with Crippen molar-refractivity contribution in [1.82, 2.24) is 15.3 Å². The second-order valence-corrected chi connectivity index (χ2v) is 5.75. The van der Waals surface area contributed by atoms with E-state index in [-0.39, 0.29) is 0 Å². The number of aromatic nitrogens is 2. The monoisotopic (exact) mass is 305 g/mol. The SMILES string of the molecule is Nc1ccc2cc(-c3ccccc3)c(N3CCNCC3)nc2n1. The van der Waals surface area contributed by atoms with Crippen LogP contribution in [0.15, 0.2) is 48.5 Å². The minimum absolute atomic E-state index is 0.503. The van der Waals surface area contributed by atoms with Crippen molar-refractivity contribution in [3.05, 3.63) is 48.5 Å². The topological polar surface area (TPSA) is 67.1 Å². The molecule has 0 radical (unpaired) electrons. The maximum atomic E-state index is 5.83. The molecule has 1 aromatic carbocycles. The average Bonchev–Trinajstić information content (AvgIpc) is 2.62. The Balaban J connectivity index is 1.92. The maximum absolute atomic E-state index is 5.83. The van der Waals surface area contributed by atoms with E-state index in [1.54, 1.807) is 0 Å². The van der Waals surface area contributed by atoms with Gasteiger partial charge < -0.3 is 16.0 Å². The Labute approximate surface area is 135 Å². The van der Waals surface area contributed by atoms with Crippen molar-refractivity contribution < 1.29 is 0 Å². The number of nitrogens with two attached hydrogens (primary N) is 1. The fraction of sp³-hybridized carbons (Fsp3) is 0.222. The number of rotatable bonds is 2. The van der Waals surface area contributed by atoms with Crippen LogP contribution >= 0.6 is 0 Å². The smallest absolute Gasteiger partial charge is 0.163 e. The first-order chi connectivity index (χ1) is 11.3. The number of hydrogen-bond acceptors (Lipinski definition) is 5. The highest BCUT2D eigenvalue weighted by Gasteiger charge is 2.18. The van der Waals surface area contributed by atoms with E-state index < -0.39 is 0 Å². The van der Waals surface area contributed by atoms with E-state index in [1.807, 2.05) is 18.2 Å². The summed E-state index contributed by atoms with van der Waals surface area (Å²) in [6, 6.07) is 16.4. The van der Waals surface area contributed by atoms with Crippen LogP contribution in [0.4, 0.5) is 11.6 Å². The van der Waals surface area contributed by atoms with Crippen molar-refractivity contribution in [2.24, 2.45) is 0 Å². The summed E-state index contributed by atoms with van der Waals surface area (Å²) in [4.78, 5) is 11.6. The van der Waals surface area contributed by atoms with Gasteiger partial charge in [0.15, 0.2) is 5.65 Å². The van der Waals surface area contributed by atoms with Crippen LogP contribution in [0, 0.1) is 0 Å². The third-order valence-corrected chi connectivity index (χ3v) is 4.18. The maximum Gasteiger partial charge on any atom is 0.163 e. The van der Waals surface area contributed by atoms with Crippen molar-refractivity contribution in [2.45, 2.75) is 0 Å². The second kappa shape index (κ2) is 5.85. The second-order valence-electron chi connectivity index (χ2n) is 5.75. The molecule has 0 amide bonds. The Morgan fingerprint density at radius 2 is 1.74 bits per heavy atom. The summed E-state index contributed by atoms with van der Waals surface area (Å²) >= 11 is 0. The van der Waals surface area contributed by atoms with Gasteiger partial charge in [0.25, 0.3) is 0 Å². The molecule has 5 nitrogen and oxygen atoms in total. The molecular formula is C18H19N5. The van der Waals surface area contributed by atoms with Gasteiger partial charge in [0, 0.05) is 37.1 Å². The Bertz CT molecular complexity index is 825. The molecule has 2 aromatic heterocycles. The fourth-order valence-electron chi connectivity index (χ4n) is 3.00. The summed E-state index contributed by atoms with van der Waals surface area (Å²) in [5.74, 6) is 1.49. The summed E-state index contributed by atoms with van der Waals surface area (Å²) in [7, 11) is 0. The Morgan fingerprint density at radius 3 is 2.52 bits per heavy atom. The number of anilines is 2. The number of nitrogen functional groups attached to an aromatic ring is 1. The van der Waals surface area contributed by atoms with Crippen LogP contribution in [0.5, 0.6) is 0 Å². The van der Waals surface area contributed by atoms with E-state index in [4.69, 9.17) is 10.7 Å².